The van der Waals surface area contributed by atoms with Crippen molar-refractivity contribution in [3.8, 4) is 0 Å². The molecule has 6 nitrogen and oxygen atoms in total. The fourth-order valence-corrected chi connectivity index (χ4v) is 3.09. The Labute approximate surface area is 113 Å². The van der Waals surface area contributed by atoms with Crippen LogP contribution >= 0.6 is 0 Å². The topological polar surface area (TPSA) is 87.0 Å². The minimum Gasteiger partial charge on any atom is -0.378 e. The molecule has 0 aromatic carbocycles. The summed E-state index contributed by atoms with van der Waals surface area (Å²) in [5.74, 6) is 0.991. The second-order valence-electron chi connectivity index (χ2n) is 5.43. The van der Waals surface area contributed by atoms with Gasteiger partial charge < -0.3 is 5.73 Å². The molecule has 1 heterocycles. The van der Waals surface area contributed by atoms with Crippen LogP contribution in [0, 0.1) is 16.0 Å². The molecule has 106 valence electrons. The first kappa shape index (κ1) is 13.8. The molecule has 1 saturated carbocycles. The minimum atomic E-state index is -0.463. The van der Waals surface area contributed by atoms with Crippen molar-refractivity contribution in [1.82, 2.24) is 9.78 Å². The molecule has 2 N–H and O–H groups in total. The fourth-order valence-electron chi connectivity index (χ4n) is 3.09. The molecular weight excluding hydrogens is 244 g/mol. The highest BCUT2D eigenvalue weighted by molar-refractivity contribution is 5.51. The van der Waals surface area contributed by atoms with Crippen LogP contribution in [0.2, 0.25) is 0 Å². The number of hydrogen-bond donors (Lipinski definition) is 1. The summed E-state index contributed by atoms with van der Waals surface area (Å²) < 4.78 is 1.66. The van der Waals surface area contributed by atoms with Gasteiger partial charge in [0.15, 0.2) is 0 Å². The Morgan fingerprint density at radius 3 is 2.89 bits per heavy atom. The van der Waals surface area contributed by atoms with Gasteiger partial charge >= 0.3 is 5.69 Å². The van der Waals surface area contributed by atoms with Crippen LogP contribution in [0.25, 0.3) is 0 Å². The van der Waals surface area contributed by atoms with E-state index in [0.717, 1.165) is 25.2 Å². The van der Waals surface area contributed by atoms with Gasteiger partial charge in [0.2, 0.25) is 5.82 Å². The smallest absolute Gasteiger partial charge is 0.330 e. The zero-order valence-corrected chi connectivity index (χ0v) is 11.4. The molecule has 0 saturated heterocycles. The lowest BCUT2D eigenvalue weighted by Gasteiger charge is -2.16. The summed E-state index contributed by atoms with van der Waals surface area (Å²) in [5.41, 5.74) is 5.76. The van der Waals surface area contributed by atoms with Crippen LogP contribution in [0.1, 0.15) is 57.9 Å². The molecule has 2 rings (SSSR count). The van der Waals surface area contributed by atoms with Gasteiger partial charge in [-0.2, -0.15) is 5.10 Å². The Morgan fingerprint density at radius 2 is 2.26 bits per heavy atom. The van der Waals surface area contributed by atoms with E-state index in [0.29, 0.717) is 0 Å². The van der Waals surface area contributed by atoms with Gasteiger partial charge in [0.05, 0.1) is 11.0 Å². The number of nitrogen functional groups attached to an aromatic ring is 1. The number of nitrogens with two attached hydrogens (primary N) is 1. The maximum absolute atomic E-state index is 10.8. The van der Waals surface area contributed by atoms with Crippen molar-refractivity contribution in [2.24, 2.45) is 5.92 Å². The third-order valence-electron chi connectivity index (χ3n) is 4.11. The van der Waals surface area contributed by atoms with E-state index >= 15 is 0 Å². The number of aromatic nitrogens is 2. The third kappa shape index (κ3) is 3.05. The summed E-state index contributed by atoms with van der Waals surface area (Å²) in [4.78, 5) is 10.3. The molecule has 1 fully saturated rings. The van der Waals surface area contributed by atoms with Crippen molar-refractivity contribution < 1.29 is 4.92 Å². The van der Waals surface area contributed by atoms with Crippen molar-refractivity contribution in [1.29, 1.82) is 0 Å². The maximum Gasteiger partial charge on any atom is 0.330 e. The van der Waals surface area contributed by atoms with Crippen LogP contribution in [0.5, 0.6) is 0 Å². The molecule has 1 aliphatic rings. The molecule has 0 amide bonds. The van der Waals surface area contributed by atoms with Crippen LogP contribution in [0.3, 0.4) is 0 Å². The van der Waals surface area contributed by atoms with E-state index in [1.165, 1.54) is 31.9 Å². The maximum atomic E-state index is 10.8. The van der Waals surface area contributed by atoms with Gasteiger partial charge in [-0.1, -0.05) is 32.6 Å². The summed E-state index contributed by atoms with van der Waals surface area (Å²) in [5, 5.41) is 14.9. The molecule has 0 bridgehead atoms. The Morgan fingerprint density at radius 1 is 1.47 bits per heavy atom. The van der Waals surface area contributed by atoms with E-state index in [1.54, 1.807) is 4.68 Å². The fraction of sp³-hybridized carbons (Fsp3) is 0.769. The lowest BCUT2D eigenvalue weighted by atomic mass is 9.95. The second-order valence-corrected chi connectivity index (χ2v) is 5.43. The second kappa shape index (κ2) is 6.04. The first-order chi connectivity index (χ1) is 9.13. The lowest BCUT2D eigenvalue weighted by molar-refractivity contribution is -0.384. The van der Waals surface area contributed by atoms with Crippen LogP contribution in [-0.2, 0) is 0 Å². The number of rotatable bonds is 4. The molecule has 1 aromatic rings. The van der Waals surface area contributed by atoms with Gasteiger partial charge in [0, 0.05) is 0 Å². The van der Waals surface area contributed by atoms with E-state index in [4.69, 9.17) is 5.73 Å². The zero-order valence-electron chi connectivity index (χ0n) is 11.4. The lowest BCUT2D eigenvalue weighted by Crippen LogP contribution is -2.13. The van der Waals surface area contributed by atoms with Crippen LogP contribution in [-0.4, -0.2) is 14.7 Å². The van der Waals surface area contributed by atoms with Crippen molar-refractivity contribution in [3.63, 3.8) is 0 Å². The normalized spacial score (nSPS) is 24.1. The summed E-state index contributed by atoms with van der Waals surface area (Å²) in [6.07, 6.45) is 9.40. The van der Waals surface area contributed by atoms with Gasteiger partial charge in [-0.3, -0.25) is 10.1 Å². The van der Waals surface area contributed by atoms with Crippen molar-refractivity contribution >= 4 is 11.5 Å². The highest BCUT2D eigenvalue weighted by Crippen LogP contribution is 2.35. The van der Waals surface area contributed by atoms with E-state index in [2.05, 4.69) is 12.0 Å². The van der Waals surface area contributed by atoms with Crippen LogP contribution < -0.4 is 5.73 Å². The molecule has 6 heteroatoms. The van der Waals surface area contributed by atoms with Gasteiger partial charge in [0.1, 0.15) is 6.20 Å². The van der Waals surface area contributed by atoms with Crippen LogP contribution in [0.4, 0.5) is 11.5 Å². The summed E-state index contributed by atoms with van der Waals surface area (Å²) >= 11 is 0. The number of hydrogen-bond acceptors (Lipinski definition) is 4. The Kier molecular flexibility index (Phi) is 4.39. The molecule has 1 aliphatic carbocycles. The van der Waals surface area contributed by atoms with Crippen LogP contribution in [0.15, 0.2) is 6.20 Å². The molecule has 0 aliphatic heterocycles. The first-order valence-corrected chi connectivity index (χ1v) is 7.10. The monoisotopic (exact) mass is 266 g/mol. The SMILES string of the molecule is CCCC1CCCC(n2ncc([N+](=O)[O-])c2N)CC1. The highest BCUT2D eigenvalue weighted by atomic mass is 16.6. The summed E-state index contributed by atoms with van der Waals surface area (Å²) in [7, 11) is 0. The average Bonchev–Trinajstić information content (AvgIpc) is 2.60. The largest absolute Gasteiger partial charge is 0.378 e. The van der Waals surface area contributed by atoms with Crippen molar-refractivity contribution in [3.05, 3.63) is 16.3 Å². The molecule has 19 heavy (non-hydrogen) atoms. The van der Waals surface area contributed by atoms with E-state index in [9.17, 15) is 10.1 Å². The van der Waals surface area contributed by atoms with Gasteiger partial charge in [-0.25, -0.2) is 4.68 Å². The van der Waals surface area contributed by atoms with Gasteiger partial charge in [-0.05, 0) is 25.2 Å². The molecule has 1 aromatic heterocycles. The molecule has 0 radical (unpaired) electrons. The molecule has 0 spiro atoms. The Balaban J connectivity index is 2.08. The third-order valence-corrected chi connectivity index (χ3v) is 4.11. The van der Waals surface area contributed by atoms with E-state index in [1.807, 2.05) is 0 Å². The average molecular weight is 266 g/mol. The predicted molar refractivity (Wildman–Crippen MR) is 73.8 cm³/mol. The van der Waals surface area contributed by atoms with Crippen molar-refractivity contribution in [2.45, 2.75) is 57.9 Å². The molecular formula is C13H22N4O2. The van der Waals surface area contributed by atoms with E-state index < -0.39 is 4.92 Å². The number of nitrogens with zero attached hydrogens (tertiary/aromatic N) is 3. The highest BCUT2D eigenvalue weighted by Gasteiger charge is 2.25. The summed E-state index contributed by atoms with van der Waals surface area (Å²) in [6, 6.07) is 0.218. The predicted octanol–water partition coefficient (Wildman–Crippen LogP) is 3.30. The van der Waals surface area contributed by atoms with Gasteiger partial charge in [0.25, 0.3) is 0 Å². The number of anilines is 1. The minimum absolute atomic E-state index is 0.0747. The quantitative estimate of drug-likeness (QED) is 0.514. The van der Waals surface area contributed by atoms with Crippen molar-refractivity contribution in [2.75, 3.05) is 5.73 Å². The molecule has 2 unspecified atom stereocenters. The number of nitro groups is 1. The summed E-state index contributed by atoms with van der Waals surface area (Å²) in [6.45, 7) is 2.22. The first-order valence-electron chi connectivity index (χ1n) is 7.10. The standard InChI is InChI=1S/C13H22N4O2/c1-2-4-10-5-3-6-11(8-7-10)16-13(14)12(9-15-16)17(18)19/h9-11H,2-8,14H2,1H3. The Hall–Kier alpha value is -1.59. The zero-order chi connectivity index (χ0) is 13.8. The Bertz CT molecular complexity index is 444. The van der Waals surface area contributed by atoms with Gasteiger partial charge in [-0.15, -0.1) is 0 Å². The molecule has 2 atom stereocenters. The van der Waals surface area contributed by atoms with E-state index in [-0.39, 0.29) is 17.5 Å².